The maximum atomic E-state index is 11.8. The first-order chi connectivity index (χ1) is 11.2. The Kier molecular flexibility index (Phi) is 7.25. The molecular weight excluding hydrogens is 314 g/mol. The number of hydrogen-bond acceptors (Lipinski definition) is 5. The predicted octanol–water partition coefficient (Wildman–Crippen LogP) is 2.31. The van der Waals surface area contributed by atoms with Crippen molar-refractivity contribution in [1.29, 1.82) is 0 Å². The standard InChI is InChI=1S/C15H25N5O2S/c1-2-13-19-20-15(23-13)18-14(22)17-9-8-16-12(21)10-11-6-4-3-5-7-11/h11H,2-10H2,1H3,(H,16,21)(H2,17,18,20,22). The molecule has 0 atom stereocenters. The number of aromatic nitrogens is 2. The molecule has 3 amide bonds. The Labute approximate surface area is 140 Å². The lowest BCUT2D eigenvalue weighted by atomic mass is 9.87. The van der Waals surface area contributed by atoms with E-state index in [1.807, 2.05) is 6.92 Å². The number of urea groups is 1. The van der Waals surface area contributed by atoms with Crippen LogP contribution in [0.3, 0.4) is 0 Å². The van der Waals surface area contributed by atoms with Gasteiger partial charge in [0, 0.05) is 19.5 Å². The van der Waals surface area contributed by atoms with Crippen LogP contribution in [0.2, 0.25) is 0 Å². The number of rotatable bonds is 7. The van der Waals surface area contributed by atoms with E-state index < -0.39 is 0 Å². The van der Waals surface area contributed by atoms with Gasteiger partial charge in [-0.3, -0.25) is 10.1 Å². The van der Waals surface area contributed by atoms with Crippen LogP contribution in [0.4, 0.5) is 9.93 Å². The van der Waals surface area contributed by atoms with Gasteiger partial charge < -0.3 is 10.6 Å². The number of nitrogens with one attached hydrogen (secondary N) is 3. The van der Waals surface area contributed by atoms with Crippen molar-refractivity contribution in [2.75, 3.05) is 18.4 Å². The van der Waals surface area contributed by atoms with Gasteiger partial charge in [0.2, 0.25) is 11.0 Å². The quantitative estimate of drug-likeness (QED) is 0.664. The van der Waals surface area contributed by atoms with Gasteiger partial charge in [0.25, 0.3) is 0 Å². The fourth-order valence-electron chi connectivity index (χ4n) is 2.69. The normalized spacial score (nSPS) is 15.2. The summed E-state index contributed by atoms with van der Waals surface area (Å²) in [5.41, 5.74) is 0. The van der Waals surface area contributed by atoms with Gasteiger partial charge in [-0.15, -0.1) is 10.2 Å². The van der Waals surface area contributed by atoms with Crippen molar-refractivity contribution in [3.05, 3.63) is 5.01 Å². The van der Waals surface area contributed by atoms with Crippen LogP contribution in [-0.4, -0.2) is 35.2 Å². The van der Waals surface area contributed by atoms with Crippen molar-refractivity contribution in [1.82, 2.24) is 20.8 Å². The fraction of sp³-hybridized carbons (Fsp3) is 0.733. The van der Waals surface area contributed by atoms with Crippen LogP contribution in [0.15, 0.2) is 0 Å². The topological polar surface area (TPSA) is 96.0 Å². The third-order valence-electron chi connectivity index (χ3n) is 3.92. The fourth-order valence-corrected chi connectivity index (χ4v) is 3.37. The van der Waals surface area contributed by atoms with E-state index >= 15 is 0 Å². The van der Waals surface area contributed by atoms with Gasteiger partial charge in [0.05, 0.1) is 0 Å². The summed E-state index contributed by atoms with van der Waals surface area (Å²) in [5, 5.41) is 17.4. The molecular formula is C15H25N5O2S. The SMILES string of the molecule is CCc1nnc(NC(=O)NCCNC(=O)CC2CCCCC2)s1. The molecule has 0 radical (unpaired) electrons. The van der Waals surface area contributed by atoms with Crippen molar-refractivity contribution < 1.29 is 9.59 Å². The van der Waals surface area contributed by atoms with Gasteiger partial charge in [-0.2, -0.15) is 0 Å². The van der Waals surface area contributed by atoms with E-state index in [1.54, 1.807) is 0 Å². The average molecular weight is 339 g/mol. The Balaban J connectivity index is 1.55. The molecule has 1 fully saturated rings. The molecule has 23 heavy (non-hydrogen) atoms. The Morgan fingerprint density at radius 1 is 1.13 bits per heavy atom. The lowest BCUT2D eigenvalue weighted by Gasteiger charge is -2.20. The molecule has 0 aromatic carbocycles. The van der Waals surface area contributed by atoms with Crippen LogP contribution in [0, 0.1) is 5.92 Å². The first-order valence-electron chi connectivity index (χ1n) is 8.31. The minimum atomic E-state index is -0.328. The maximum absolute atomic E-state index is 11.8. The number of nitrogens with zero attached hydrogens (tertiary/aromatic N) is 2. The molecule has 1 saturated carbocycles. The smallest absolute Gasteiger partial charge is 0.321 e. The van der Waals surface area contributed by atoms with E-state index in [0.29, 0.717) is 30.6 Å². The van der Waals surface area contributed by atoms with Crippen molar-refractivity contribution in [2.45, 2.75) is 51.9 Å². The van der Waals surface area contributed by atoms with E-state index in [2.05, 4.69) is 26.1 Å². The van der Waals surface area contributed by atoms with Gasteiger partial charge >= 0.3 is 6.03 Å². The Hall–Kier alpha value is -1.70. The lowest BCUT2D eigenvalue weighted by molar-refractivity contribution is -0.122. The summed E-state index contributed by atoms with van der Waals surface area (Å²) in [6.45, 7) is 2.82. The molecule has 8 heteroatoms. The van der Waals surface area contributed by atoms with Crippen LogP contribution in [0.1, 0.15) is 50.5 Å². The van der Waals surface area contributed by atoms with Crippen molar-refractivity contribution in [3.63, 3.8) is 0 Å². The van der Waals surface area contributed by atoms with Crippen LogP contribution < -0.4 is 16.0 Å². The summed E-state index contributed by atoms with van der Waals surface area (Å²) >= 11 is 1.36. The summed E-state index contributed by atoms with van der Waals surface area (Å²) in [4.78, 5) is 23.5. The summed E-state index contributed by atoms with van der Waals surface area (Å²) in [6, 6.07) is -0.328. The number of amides is 3. The highest BCUT2D eigenvalue weighted by atomic mass is 32.1. The van der Waals surface area contributed by atoms with E-state index in [1.165, 1.54) is 30.6 Å². The van der Waals surface area contributed by atoms with Crippen molar-refractivity contribution >= 4 is 28.4 Å². The van der Waals surface area contributed by atoms with E-state index in [4.69, 9.17) is 0 Å². The molecule has 128 valence electrons. The molecule has 1 aromatic heterocycles. The highest BCUT2D eigenvalue weighted by molar-refractivity contribution is 7.15. The molecule has 2 rings (SSSR count). The van der Waals surface area contributed by atoms with E-state index in [-0.39, 0.29) is 11.9 Å². The van der Waals surface area contributed by atoms with Gasteiger partial charge in [-0.25, -0.2) is 4.79 Å². The summed E-state index contributed by atoms with van der Waals surface area (Å²) in [7, 11) is 0. The van der Waals surface area contributed by atoms with Crippen molar-refractivity contribution in [3.8, 4) is 0 Å². The summed E-state index contributed by atoms with van der Waals surface area (Å²) in [6.07, 6.45) is 7.51. The molecule has 0 saturated heterocycles. The van der Waals surface area contributed by atoms with Gasteiger partial charge in [-0.1, -0.05) is 37.5 Å². The second kappa shape index (κ2) is 9.44. The third kappa shape index (κ3) is 6.52. The molecule has 7 nitrogen and oxygen atoms in total. The zero-order chi connectivity index (χ0) is 16.5. The van der Waals surface area contributed by atoms with Crippen LogP contribution in [-0.2, 0) is 11.2 Å². The summed E-state index contributed by atoms with van der Waals surface area (Å²) < 4.78 is 0. The minimum absolute atomic E-state index is 0.0795. The van der Waals surface area contributed by atoms with Gasteiger partial charge in [0.1, 0.15) is 5.01 Å². The maximum Gasteiger partial charge on any atom is 0.321 e. The molecule has 1 aliphatic carbocycles. The van der Waals surface area contributed by atoms with E-state index in [0.717, 1.165) is 24.3 Å². The van der Waals surface area contributed by atoms with Crippen molar-refractivity contribution in [2.24, 2.45) is 5.92 Å². The largest absolute Gasteiger partial charge is 0.354 e. The molecule has 1 heterocycles. The second-order valence-electron chi connectivity index (χ2n) is 5.79. The monoisotopic (exact) mass is 339 g/mol. The highest BCUT2D eigenvalue weighted by Gasteiger charge is 2.16. The Morgan fingerprint density at radius 3 is 2.57 bits per heavy atom. The number of anilines is 1. The number of carbonyl (C=O) groups excluding carboxylic acids is 2. The van der Waals surface area contributed by atoms with Gasteiger partial charge in [-0.05, 0) is 25.2 Å². The van der Waals surface area contributed by atoms with Crippen LogP contribution >= 0.6 is 11.3 Å². The molecule has 1 aliphatic rings. The number of carbonyl (C=O) groups is 2. The summed E-state index contributed by atoms with van der Waals surface area (Å²) in [5.74, 6) is 0.612. The number of hydrogen-bond donors (Lipinski definition) is 3. The lowest BCUT2D eigenvalue weighted by Crippen LogP contribution is -2.37. The zero-order valence-corrected chi connectivity index (χ0v) is 14.4. The first-order valence-corrected chi connectivity index (χ1v) is 9.13. The molecule has 0 aliphatic heterocycles. The minimum Gasteiger partial charge on any atom is -0.354 e. The van der Waals surface area contributed by atoms with Crippen LogP contribution in [0.5, 0.6) is 0 Å². The van der Waals surface area contributed by atoms with Gasteiger partial charge in [0.15, 0.2) is 0 Å². The Bertz CT molecular complexity index is 514. The molecule has 3 N–H and O–H groups in total. The number of aryl methyl sites for hydroxylation is 1. The highest BCUT2D eigenvalue weighted by Crippen LogP contribution is 2.25. The van der Waals surface area contributed by atoms with Crippen LogP contribution in [0.25, 0.3) is 0 Å². The second-order valence-corrected chi connectivity index (χ2v) is 6.86. The molecule has 0 spiro atoms. The predicted molar refractivity (Wildman–Crippen MR) is 90.5 cm³/mol. The zero-order valence-electron chi connectivity index (χ0n) is 13.6. The molecule has 0 unspecified atom stereocenters. The van der Waals surface area contributed by atoms with E-state index in [9.17, 15) is 9.59 Å². The molecule has 1 aromatic rings. The third-order valence-corrected chi connectivity index (χ3v) is 4.90. The molecule has 0 bridgehead atoms. The average Bonchev–Trinajstić information content (AvgIpc) is 3.00. The first kappa shape index (κ1) is 17.7. The Morgan fingerprint density at radius 2 is 1.87 bits per heavy atom.